The number of nitrogens with zero attached hydrogens (tertiary/aromatic N) is 1. The number of carbonyl (C=O) groups excluding carboxylic acids is 1. The van der Waals surface area contributed by atoms with E-state index in [-0.39, 0.29) is 12.7 Å². The first kappa shape index (κ1) is 19.3. The van der Waals surface area contributed by atoms with Gasteiger partial charge in [0.05, 0.1) is 12.7 Å². The zero-order valence-electron chi connectivity index (χ0n) is 16.7. The maximum absolute atomic E-state index is 12.4. The molecule has 1 aliphatic heterocycles. The highest BCUT2D eigenvalue weighted by Crippen LogP contribution is 2.41. The van der Waals surface area contributed by atoms with Gasteiger partial charge in [0.25, 0.3) is 0 Å². The van der Waals surface area contributed by atoms with Gasteiger partial charge in [0, 0.05) is 18.5 Å². The molecule has 0 bridgehead atoms. The third kappa shape index (κ3) is 3.80. The molecule has 0 aliphatic carbocycles. The normalized spacial score (nSPS) is 16.0. The molecule has 0 saturated carbocycles. The van der Waals surface area contributed by atoms with E-state index in [1.54, 1.807) is 12.0 Å². The molecule has 1 aliphatic rings. The second kappa shape index (κ2) is 7.79. The molecule has 6 heteroatoms. The van der Waals surface area contributed by atoms with Crippen molar-refractivity contribution in [3.63, 3.8) is 0 Å². The van der Waals surface area contributed by atoms with Crippen LogP contribution in [0.2, 0.25) is 0 Å². The monoisotopic (exact) mass is 395 g/mol. The smallest absolute Gasteiger partial charge is 0.410 e. The summed E-state index contributed by atoms with van der Waals surface area (Å²) in [6, 6.07) is 15.2. The summed E-state index contributed by atoms with van der Waals surface area (Å²) in [5.74, 6) is 1.40. The number of aliphatic hydroxyl groups is 1. The van der Waals surface area contributed by atoms with Crippen molar-refractivity contribution in [2.45, 2.75) is 32.0 Å². The Kier molecular flexibility index (Phi) is 5.20. The number of hydrogen-bond donors (Lipinski definition) is 1. The minimum Gasteiger partial charge on any atom is -0.493 e. The van der Waals surface area contributed by atoms with Gasteiger partial charge in [0.15, 0.2) is 11.3 Å². The van der Waals surface area contributed by atoms with Crippen LogP contribution >= 0.6 is 0 Å². The molecular formula is C23H25NO5. The van der Waals surface area contributed by atoms with Crippen LogP contribution in [0, 0.1) is 6.92 Å². The van der Waals surface area contributed by atoms with E-state index in [1.165, 1.54) is 0 Å². The number of benzene rings is 2. The van der Waals surface area contributed by atoms with Crippen molar-refractivity contribution in [2.24, 2.45) is 0 Å². The Bertz CT molecular complexity index is 1000. The molecule has 3 aromatic rings. The summed E-state index contributed by atoms with van der Waals surface area (Å²) in [7, 11) is 1.60. The van der Waals surface area contributed by atoms with Crippen molar-refractivity contribution in [1.82, 2.24) is 4.90 Å². The summed E-state index contributed by atoms with van der Waals surface area (Å²) in [6.07, 6.45) is 0.507. The number of amides is 1. The summed E-state index contributed by atoms with van der Waals surface area (Å²) in [6.45, 7) is 2.97. The molecule has 6 nitrogen and oxygen atoms in total. The van der Waals surface area contributed by atoms with E-state index in [1.807, 2.05) is 55.5 Å². The average Bonchev–Trinajstić information content (AvgIpc) is 3.13. The number of likely N-dealkylation sites (tertiary alicyclic amines) is 1. The van der Waals surface area contributed by atoms with Gasteiger partial charge in [-0.05, 0) is 43.0 Å². The molecule has 1 amide bonds. The second-order valence-electron chi connectivity index (χ2n) is 7.47. The Labute approximate surface area is 169 Å². The van der Waals surface area contributed by atoms with E-state index < -0.39 is 5.60 Å². The molecule has 152 valence electrons. The van der Waals surface area contributed by atoms with E-state index in [4.69, 9.17) is 13.9 Å². The number of fused-ring (bicyclic) bond motifs is 1. The van der Waals surface area contributed by atoms with E-state index >= 15 is 0 Å². The molecule has 0 atom stereocenters. The molecular weight excluding hydrogens is 370 g/mol. The first-order valence-corrected chi connectivity index (χ1v) is 9.76. The highest BCUT2D eigenvalue weighted by Gasteiger charge is 2.37. The summed E-state index contributed by atoms with van der Waals surface area (Å²) in [5, 5.41) is 12.2. The summed E-state index contributed by atoms with van der Waals surface area (Å²) in [4.78, 5) is 14.1. The SMILES string of the molecule is COc1ccc(C2(O)CCN(C(=O)OCc3ccccc3)CC2)c2cc(C)oc12. The van der Waals surface area contributed by atoms with E-state index in [2.05, 4.69) is 0 Å². The van der Waals surface area contributed by atoms with Gasteiger partial charge in [0.1, 0.15) is 12.4 Å². The van der Waals surface area contributed by atoms with Crippen LogP contribution in [0.15, 0.2) is 52.9 Å². The number of carbonyl (C=O) groups is 1. The zero-order valence-corrected chi connectivity index (χ0v) is 16.7. The van der Waals surface area contributed by atoms with Crippen LogP contribution in [0.5, 0.6) is 5.75 Å². The van der Waals surface area contributed by atoms with Gasteiger partial charge < -0.3 is 23.9 Å². The van der Waals surface area contributed by atoms with Gasteiger partial charge in [-0.3, -0.25) is 0 Å². The number of hydrogen-bond acceptors (Lipinski definition) is 5. The lowest BCUT2D eigenvalue weighted by molar-refractivity contribution is -0.0244. The lowest BCUT2D eigenvalue weighted by atomic mass is 9.83. The molecule has 2 heterocycles. The molecule has 29 heavy (non-hydrogen) atoms. The molecule has 1 fully saturated rings. The van der Waals surface area contributed by atoms with E-state index in [0.717, 1.165) is 22.3 Å². The Morgan fingerprint density at radius 3 is 2.59 bits per heavy atom. The fraction of sp³-hybridized carbons (Fsp3) is 0.348. The quantitative estimate of drug-likeness (QED) is 0.710. The third-order valence-electron chi connectivity index (χ3n) is 5.55. The van der Waals surface area contributed by atoms with E-state index in [9.17, 15) is 9.90 Å². The number of methoxy groups -OCH3 is 1. The van der Waals surface area contributed by atoms with Crippen LogP contribution in [0.25, 0.3) is 11.0 Å². The van der Waals surface area contributed by atoms with Gasteiger partial charge in [-0.2, -0.15) is 0 Å². The van der Waals surface area contributed by atoms with Crippen molar-refractivity contribution < 1.29 is 23.8 Å². The predicted molar refractivity (Wildman–Crippen MR) is 109 cm³/mol. The van der Waals surface area contributed by atoms with Crippen molar-refractivity contribution in [3.8, 4) is 5.75 Å². The fourth-order valence-corrected chi connectivity index (χ4v) is 3.93. The summed E-state index contributed by atoms with van der Waals surface area (Å²) < 4.78 is 16.6. The van der Waals surface area contributed by atoms with E-state index in [0.29, 0.717) is 37.3 Å². The Morgan fingerprint density at radius 2 is 1.90 bits per heavy atom. The number of rotatable bonds is 4. The molecule has 2 aromatic carbocycles. The molecule has 4 rings (SSSR count). The standard InChI is InChI=1S/C23H25NO5/c1-16-14-18-19(8-9-20(27-2)21(18)29-16)23(26)10-12-24(13-11-23)22(25)28-15-17-6-4-3-5-7-17/h3-9,14,26H,10-13,15H2,1-2H3. The number of ether oxygens (including phenoxy) is 2. The number of piperidine rings is 1. The van der Waals surface area contributed by atoms with Crippen LogP contribution in [0.3, 0.4) is 0 Å². The molecule has 1 N–H and O–H groups in total. The maximum atomic E-state index is 12.4. The molecule has 0 spiro atoms. The van der Waals surface area contributed by atoms with Gasteiger partial charge in [0.2, 0.25) is 0 Å². The minimum atomic E-state index is -1.03. The molecule has 1 saturated heterocycles. The van der Waals surface area contributed by atoms with Crippen molar-refractivity contribution in [2.75, 3.05) is 20.2 Å². The molecule has 0 unspecified atom stereocenters. The first-order valence-electron chi connectivity index (χ1n) is 9.76. The van der Waals surface area contributed by atoms with Crippen molar-refractivity contribution in [3.05, 3.63) is 65.4 Å². The van der Waals surface area contributed by atoms with Gasteiger partial charge in [-0.25, -0.2) is 4.79 Å². The number of aryl methyl sites for hydroxylation is 1. The third-order valence-corrected chi connectivity index (χ3v) is 5.55. The van der Waals surface area contributed by atoms with Crippen LogP contribution in [-0.4, -0.2) is 36.3 Å². The highest BCUT2D eigenvalue weighted by molar-refractivity contribution is 5.88. The van der Waals surface area contributed by atoms with Gasteiger partial charge in [-0.1, -0.05) is 36.4 Å². The maximum Gasteiger partial charge on any atom is 0.410 e. The topological polar surface area (TPSA) is 72.1 Å². The van der Waals surface area contributed by atoms with Crippen LogP contribution in [0.1, 0.15) is 29.7 Å². The van der Waals surface area contributed by atoms with Crippen molar-refractivity contribution in [1.29, 1.82) is 0 Å². The largest absolute Gasteiger partial charge is 0.493 e. The van der Waals surface area contributed by atoms with Crippen LogP contribution in [-0.2, 0) is 16.9 Å². The lowest BCUT2D eigenvalue weighted by Gasteiger charge is -2.38. The van der Waals surface area contributed by atoms with Crippen LogP contribution < -0.4 is 4.74 Å². The average molecular weight is 395 g/mol. The van der Waals surface area contributed by atoms with Gasteiger partial charge >= 0.3 is 6.09 Å². The fourth-order valence-electron chi connectivity index (χ4n) is 3.93. The molecule has 0 radical (unpaired) electrons. The second-order valence-corrected chi connectivity index (χ2v) is 7.47. The Morgan fingerprint density at radius 1 is 1.17 bits per heavy atom. The van der Waals surface area contributed by atoms with Crippen LogP contribution in [0.4, 0.5) is 4.79 Å². The predicted octanol–water partition coefficient (Wildman–Crippen LogP) is 4.37. The zero-order chi connectivity index (χ0) is 20.4. The highest BCUT2D eigenvalue weighted by atomic mass is 16.6. The minimum absolute atomic E-state index is 0.244. The summed E-state index contributed by atoms with van der Waals surface area (Å²) in [5.41, 5.74) is 1.37. The Hall–Kier alpha value is -2.99. The van der Waals surface area contributed by atoms with Crippen molar-refractivity contribution >= 4 is 17.1 Å². The Balaban J connectivity index is 1.46. The summed E-state index contributed by atoms with van der Waals surface area (Å²) >= 11 is 0. The lowest BCUT2D eigenvalue weighted by Crippen LogP contribution is -2.45. The molecule has 1 aromatic heterocycles. The number of furan rings is 1. The first-order chi connectivity index (χ1) is 14.0. The van der Waals surface area contributed by atoms with Gasteiger partial charge in [-0.15, -0.1) is 0 Å².